The molecule has 2 rings (SSSR count). The molecule has 5 nitrogen and oxygen atoms in total. The molecule has 0 radical (unpaired) electrons. The number of hydrogen-bond donors (Lipinski definition) is 2. The van der Waals surface area contributed by atoms with Crippen molar-refractivity contribution in [2.24, 2.45) is 5.92 Å². The highest BCUT2D eigenvalue weighted by molar-refractivity contribution is 9.10. The number of nitrogens with two attached hydrogens (primary N) is 1. The summed E-state index contributed by atoms with van der Waals surface area (Å²) < 4.78 is 0.786. The first-order chi connectivity index (χ1) is 10.0. The fraction of sp³-hybridized carbons (Fsp3) is 0.467. The van der Waals surface area contributed by atoms with Gasteiger partial charge in [-0.3, -0.25) is 9.59 Å². The van der Waals surface area contributed by atoms with Crippen molar-refractivity contribution in [3.05, 3.63) is 28.2 Å². The molecule has 1 aromatic carbocycles. The Morgan fingerprint density at radius 3 is 2.62 bits per heavy atom. The lowest BCUT2D eigenvalue weighted by Gasteiger charge is -2.31. The SMILES string of the molecule is CCNC(=O)C1CCN(C(=O)c2ccc(Br)c(N)c2)CC1. The molecule has 1 aromatic rings. The van der Waals surface area contributed by atoms with E-state index in [-0.39, 0.29) is 17.7 Å². The summed E-state index contributed by atoms with van der Waals surface area (Å²) in [6.45, 7) is 3.78. The largest absolute Gasteiger partial charge is 0.398 e. The van der Waals surface area contributed by atoms with Crippen LogP contribution >= 0.6 is 15.9 Å². The molecular weight excluding hydrogens is 334 g/mol. The molecule has 0 saturated carbocycles. The van der Waals surface area contributed by atoms with Crippen LogP contribution in [0.15, 0.2) is 22.7 Å². The van der Waals surface area contributed by atoms with E-state index in [1.807, 2.05) is 6.92 Å². The van der Waals surface area contributed by atoms with Crippen molar-refractivity contribution in [2.75, 3.05) is 25.4 Å². The molecule has 0 atom stereocenters. The summed E-state index contributed by atoms with van der Waals surface area (Å²) in [4.78, 5) is 26.0. The number of likely N-dealkylation sites (tertiary alicyclic amines) is 1. The monoisotopic (exact) mass is 353 g/mol. The number of nitrogens with zero attached hydrogens (tertiary/aromatic N) is 1. The zero-order chi connectivity index (χ0) is 15.4. The summed E-state index contributed by atoms with van der Waals surface area (Å²) in [6.07, 6.45) is 1.42. The molecule has 1 heterocycles. The summed E-state index contributed by atoms with van der Waals surface area (Å²) in [5, 5.41) is 2.84. The number of amides is 2. The second-order valence-electron chi connectivity index (χ2n) is 5.20. The highest BCUT2D eigenvalue weighted by Crippen LogP contribution is 2.23. The number of nitrogen functional groups attached to an aromatic ring is 1. The molecule has 3 N–H and O–H groups in total. The van der Waals surface area contributed by atoms with Gasteiger partial charge in [0.15, 0.2) is 0 Å². The predicted molar refractivity (Wildman–Crippen MR) is 85.9 cm³/mol. The van der Waals surface area contributed by atoms with Gasteiger partial charge in [0.1, 0.15) is 0 Å². The van der Waals surface area contributed by atoms with Crippen molar-refractivity contribution in [3.8, 4) is 0 Å². The molecule has 1 aliphatic heterocycles. The fourth-order valence-corrected chi connectivity index (χ4v) is 2.77. The van der Waals surface area contributed by atoms with E-state index in [2.05, 4.69) is 21.2 Å². The molecule has 0 aliphatic carbocycles. The van der Waals surface area contributed by atoms with Crippen molar-refractivity contribution < 1.29 is 9.59 Å². The first-order valence-electron chi connectivity index (χ1n) is 7.15. The third-order valence-electron chi connectivity index (χ3n) is 3.75. The zero-order valence-corrected chi connectivity index (χ0v) is 13.6. The van der Waals surface area contributed by atoms with Gasteiger partial charge in [-0.25, -0.2) is 0 Å². The summed E-state index contributed by atoms with van der Waals surface area (Å²) >= 11 is 3.32. The lowest BCUT2D eigenvalue weighted by molar-refractivity contribution is -0.126. The standard InChI is InChI=1S/C15H20BrN3O2/c1-2-18-14(20)10-5-7-19(8-6-10)15(21)11-3-4-12(16)13(17)9-11/h3-4,9-10H,2,5-8,17H2,1H3,(H,18,20). The average Bonchev–Trinajstić information content (AvgIpc) is 2.50. The first kappa shape index (κ1) is 15.8. The van der Waals surface area contributed by atoms with Crippen molar-refractivity contribution in [2.45, 2.75) is 19.8 Å². The van der Waals surface area contributed by atoms with Gasteiger partial charge in [-0.15, -0.1) is 0 Å². The fourth-order valence-electron chi connectivity index (χ4n) is 2.52. The average molecular weight is 354 g/mol. The maximum absolute atomic E-state index is 12.4. The number of rotatable bonds is 3. The molecule has 114 valence electrons. The van der Waals surface area contributed by atoms with Gasteiger partial charge < -0.3 is 16.0 Å². The maximum Gasteiger partial charge on any atom is 0.253 e. The van der Waals surface area contributed by atoms with E-state index in [1.165, 1.54) is 0 Å². The Morgan fingerprint density at radius 1 is 1.38 bits per heavy atom. The van der Waals surface area contributed by atoms with E-state index in [0.717, 1.165) is 4.47 Å². The van der Waals surface area contributed by atoms with Crippen LogP contribution in [0.2, 0.25) is 0 Å². The van der Waals surface area contributed by atoms with E-state index in [1.54, 1.807) is 23.1 Å². The number of nitrogens with one attached hydrogen (secondary N) is 1. The topological polar surface area (TPSA) is 75.4 Å². The maximum atomic E-state index is 12.4. The number of carbonyl (C=O) groups excluding carboxylic acids is 2. The summed E-state index contributed by atoms with van der Waals surface area (Å²) in [5.74, 6) is 0.0880. The minimum atomic E-state index is -0.0245. The Morgan fingerprint density at radius 2 is 2.05 bits per heavy atom. The predicted octanol–water partition coefficient (Wildman–Crippen LogP) is 2.02. The van der Waals surface area contributed by atoms with Crippen LogP contribution in [0.25, 0.3) is 0 Å². The Hall–Kier alpha value is -1.56. The van der Waals surface area contributed by atoms with Crippen LogP contribution in [0, 0.1) is 5.92 Å². The van der Waals surface area contributed by atoms with Gasteiger partial charge >= 0.3 is 0 Å². The number of anilines is 1. The third kappa shape index (κ3) is 3.75. The van der Waals surface area contributed by atoms with Crippen molar-refractivity contribution >= 4 is 33.4 Å². The van der Waals surface area contributed by atoms with Crippen molar-refractivity contribution in [1.29, 1.82) is 0 Å². The van der Waals surface area contributed by atoms with Gasteiger partial charge in [0.05, 0.1) is 0 Å². The van der Waals surface area contributed by atoms with Crippen LogP contribution in [0.4, 0.5) is 5.69 Å². The first-order valence-corrected chi connectivity index (χ1v) is 7.94. The molecule has 0 unspecified atom stereocenters. The van der Waals surface area contributed by atoms with Crippen LogP contribution in [0.3, 0.4) is 0 Å². The number of carbonyl (C=O) groups is 2. The summed E-state index contributed by atoms with van der Waals surface area (Å²) in [5.41, 5.74) is 6.96. The van der Waals surface area contributed by atoms with Crippen LogP contribution in [0.5, 0.6) is 0 Å². The van der Waals surface area contributed by atoms with E-state index < -0.39 is 0 Å². The minimum Gasteiger partial charge on any atom is -0.398 e. The molecule has 0 bridgehead atoms. The Balaban J connectivity index is 1.97. The zero-order valence-electron chi connectivity index (χ0n) is 12.1. The molecule has 6 heteroatoms. The number of halogens is 1. The lowest BCUT2D eigenvalue weighted by atomic mass is 9.95. The molecule has 21 heavy (non-hydrogen) atoms. The van der Waals surface area contributed by atoms with Crippen molar-refractivity contribution in [3.63, 3.8) is 0 Å². The van der Waals surface area contributed by atoms with Crippen LogP contribution in [-0.2, 0) is 4.79 Å². The smallest absolute Gasteiger partial charge is 0.253 e. The number of hydrogen-bond acceptors (Lipinski definition) is 3. The van der Waals surface area contributed by atoms with E-state index in [9.17, 15) is 9.59 Å². The van der Waals surface area contributed by atoms with Gasteiger partial charge in [0.25, 0.3) is 5.91 Å². The van der Waals surface area contributed by atoms with E-state index in [0.29, 0.717) is 43.7 Å². The summed E-state index contributed by atoms with van der Waals surface area (Å²) in [6, 6.07) is 5.23. The number of benzene rings is 1. The molecule has 1 aliphatic rings. The molecule has 0 aromatic heterocycles. The molecule has 1 fully saturated rings. The van der Waals surface area contributed by atoms with E-state index >= 15 is 0 Å². The molecular formula is C15H20BrN3O2. The molecule has 1 saturated heterocycles. The quantitative estimate of drug-likeness (QED) is 0.816. The Kier molecular flexibility index (Phi) is 5.22. The van der Waals surface area contributed by atoms with Gasteiger partial charge in [-0.1, -0.05) is 0 Å². The second kappa shape index (κ2) is 6.93. The van der Waals surface area contributed by atoms with Gasteiger partial charge in [0.2, 0.25) is 5.91 Å². The Labute approximate surface area is 133 Å². The summed E-state index contributed by atoms with van der Waals surface area (Å²) in [7, 11) is 0. The minimum absolute atomic E-state index is 0.0176. The number of piperidine rings is 1. The van der Waals surface area contributed by atoms with Gasteiger partial charge in [-0.05, 0) is 53.9 Å². The lowest BCUT2D eigenvalue weighted by Crippen LogP contribution is -2.43. The molecule has 2 amide bonds. The highest BCUT2D eigenvalue weighted by atomic mass is 79.9. The normalized spacial score (nSPS) is 15.8. The van der Waals surface area contributed by atoms with Crippen LogP contribution in [-0.4, -0.2) is 36.3 Å². The second-order valence-corrected chi connectivity index (χ2v) is 6.05. The van der Waals surface area contributed by atoms with Gasteiger partial charge in [-0.2, -0.15) is 0 Å². The Bertz CT molecular complexity index is 540. The van der Waals surface area contributed by atoms with E-state index in [4.69, 9.17) is 5.73 Å². The highest BCUT2D eigenvalue weighted by Gasteiger charge is 2.27. The van der Waals surface area contributed by atoms with Crippen LogP contribution < -0.4 is 11.1 Å². The third-order valence-corrected chi connectivity index (χ3v) is 4.47. The molecule has 0 spiro atoms. The van der Waals surface area contributed by atoms with Crippen molar-refractivity contribution in [1.82, 2.24) is 10.2 Å². The van der Waals surface area contributed by atoms with Crippen LogP contribution in [0.1, 0.15) is 30.1 Å². The van der Waals surface area contributed by atoms with Gasteiger partial charge in [0, 0.05) is 41.3 Å².